The molecule has 4 rings (SSSR count). The van der Waals surface area contributed by atoms with Crippen LogP contribution < -0.4 is 14.8 Å². The molecule has 0 fully saturated rings. The number of phenolic OH excluding ortho intramolecular Hbond substituents is 1. The Balaban J connectivity index is 1.30. The molecule has 1 heterocycles. The van der Waals surface area contributed by atoms with Gasteiger partial charge in [0.05, 0.1) is 6.10 Å². The van der Waals surface area contributed by atoms with Gasteiger partial charge in [-0.2, -0.15) is 0 Å². The molecule has 33 heavy (non-hydrogen) atoms. The minimum Gasteiger partial charge on any atom is -0.507 e. The van der Waals surface area contributed by atoms with Crippen LogP contribution in [0.15, 0.2) is 41.3 Å². The fraction of sp³-hybridized carbons (Fsp3) is 0.417. The van der Waals surface area contributed by atoms with Crippen LogP contribution in [0.5, 0.6) is 11.5 Å². The maximum Gasteiger partial charge on any atom is 0.243 e. The smallest absolute Gasteiger partial charge is 0.243 e. The van der Waals surface area contributed by atoms with Gasteiger partial charge in [0.25, 0.3) is 0 Å². The monoisotopic (exact) mass is 473 g/mol. The van der Waals surface area contributed by atoms with Gasteiger partial charge in [-0.05, 0) is 74.2 Å². The van der Waals surface area contributed by atoms with Gasteiger partial charge in [-0.1, -0.05) is 12.5 Å². The van der Waals surface area contributed by atoms with Crippen molar-refractivity contribution in [1.82, 2.24) is 15.0 Å². The van der Waals surface area contributed by atoms with Crippen LogP contribution in [0, 0.1) is 0 Å². The average molecular weight is 474 g/mol. The number of aliphatic hydroxyl groups is 1. The van der Waals surface area contributed by atoms with E-state index in [1.54, 1.807) is 0 Å². The van der Waals surface area contributed by atoms with Crippen molar-refractivity contribution in [2.45, 2.75) is 43.1 Å². The van der Waals surface area contributed by atoms with Crippen LogP contribution in [-0.4, -0.2) is 50.4 Å². The van der Waals surface area contributed by atoms with E-state index in [9.17, 15) is 18.6 Å². The molecule has 3 aromatic rings. The first kappa shape index (κ1) is 23.6. The summed E-state index contributed by atoms with van der Waals surface area (Å²) in [5, 5.41) is 24.6. The first-order valence-electron chi connectivity index (χ1n) is 11.3. The number of nitrogens with one attached hydrogen (secondary N) is 3. The Morgan fingerprint density at radius 1 is 1.12 bits per heavy atom. The molecule has 0 bridgehead atoms. The van der Waals surface area contributed by atoms with E-state index in [1.165, 1.54) is 61.2 Å². The van der Waals surface area contributed by atoms with Crippen LogP contribution in [0.4, 0.5) is 0 Å². The van der Waals surface area contributed by atoms with E-state index in [2.05, 4.69) is 27.2 Å². The number of fused-ring (bicyclic) bond motifs is 3. The molecular weight excluding hydrogens is 442 g/mol. The molecule has 1 aliphatic carbocycles. The molecule has 0 aliphatic heterocycles. The Hall–Kier alpha value is -2.59. The molecular formula is C24H31N3O5S. The highest BCUT2D eigenvalue weighted by Crippen LogP contribution is 2.31. The second kappa shape index (κ2) is 10.1. The van der Waals surface area contributed by atoms with Crippen molar-refractivity contribution < 1.29 is 23.4 Å². The number of aryl methyl sites for hydroxylation is 2. The number of sulfonamides is 1. The lowest BCUT2D eigenvalue weighted by molar-refractivity contribution is 0.171. The molecule has 0 saturated carbocycles. The minimum absolute atomic E-state index is 0.220. The third-order valence-electron chi connectivity index (χ3n) is 6.13. The third-order valence-corrected chi connectivity index (χ3v) is 7.58. The van der Waals surface area contributed by atoms with Crippen LogP contribution in [0.25, 0.3) is 10.9 Å². The summed E-state index contributed by atoms with van der Waals surface area (Å²) in [7, 11) is -2.55. The number of ether oxygens (including phenoxy) is 1. The van der Waals surface area contributed by atoms with Crippen LogP contribution in [0.3, 0.4) is 0 Å². The fourth-order valence-electron chi connectivity index (χ4n) is 4.31. The summed E-state index contributed by atoms with van der Waals surface area (Å²) in [6, 6.07) is 10.2. The van der Waals surface area contributed by atoms with E-state index in [4.69, 9.17) is 4.74 Å². The van der Waals surface area contributed by atoms with Gasteiger partial charge in [-0.25, -0.2) is 13.1 Å². The zero-order valence-electron chi connectivity index (χ0n) is 18.7. The predicted octanol–water partition coefficient (Wildman–Crippen LogP) is 2.75. The van der Waals surface area contributed by atoms with Crippen molar-refractivity contribution >= 4 is 20.9 Å². The first-order chi connectivity index (χ1) is 15.9. The molecule has 8 nitrogen and oxygen atoms in total. The lowest BCUT2D eigenvalue weighted by Gasteiger charge is -2.14. The lowest BCUT2D eigenvalue weighted by atomic mass is 10.1. The maximum atomic E-state index is 12.0. The quantitative estimate of drug-likeness (QED) is 0.241. The SMILES string of the molecule is CNS(=O)(=O)c1cc([C@@H](O)CNCCOc2ccc3[nH]c4c(c3c2)CCCCC4)ccc1O. The topological polar surface area (TPSA) is 124 Å². The number of phenols is 1. The number of aromatic hydroxyl groups is 1. The summed E-state index contributed by atoms with van der Waals surface area (Å²) in [5.74, 6) is 0.453. The first-order valence-corrected chi connectivity index (χ1v) is 12.8. The van der Waals surface area contributed by atoms with Crippen molar-refractivity contribution in [3.8, 4) is 11.5 Å². The molecule has 1 aromatic heterocycles. The molecule has 9 heteroatoms. The largest absolute Gasteiger partial charge is 0.507 e. The van der Waals surface area contributed by atoms with Crippen LogP contribution >= 0.6 is 0 Å². The standard InChI is InChI=1S/C24H31N3O5S/c1-25-33(30,31)24-13-16(7-10-22(24)28)23(29)15-26-11-12-32-17-8-9-21-19(14-17)18-5-3-2-4-6-20(18)27-21/h7-10,13-14,23,25-29H,2-6,11-12,15H2,1H3/t23-/m0/s1. The highest BCUT2D eigenvalue weighted by atomic mass is 32.2. The lowest BCUT2D eigenvalue weighted by Crippen LogP contribution is -2.26. The van der Waals surface area contributed by atoms with Gasteiger partial charge in [0.1, 0.15) is 23.0 Å². The molecule has 0 spiro atoms. The fourth-order valence-corrected chi connectivity index (χ4v) is 5.17. The van der Waals surface area contributed by atoms with Crippen molar-refractivity contribution in [1.29, 1.82) is 0 Å². The van der Waals surface area contributed by atoms with Crippen LogP contribution in [0.2, 0.25) is 0 Å². The molecule has 0 amide bonds. The Kier molecular flexibility index (Phi) is 7.23. The molecule has 2 aromatic carbocycles. The third kappa shape index (κ3) is 5.33. The molecule has 178 valence electrons. The number of hydrogen-bond donors (Lipinski definition) is 5. The van der Waals surface area contributed by atoms with Crippen molar-refractivity contribution in [3.05, 3.63) is 53.2 Å². The normalized spacial score (nSPS) is 15.2. The molecule has 1 aliphatic rings. The van der Waals surface area contributed by atoms with Crippen molar-refractivity contribution in [3.63, 3.8) is 0 Å². The Morgan fingerprint density at radius 2 is 1.94 bits per heavy atom. The number of hydrogen-bond acceptors (Lipinski definition) is 6. The molecule has 0 unspecified atom stereocenters. The minimum atomic E-state index is -3.82. The number of aromatic amines is 1. The summed E-state index contributed by atoms with van der Waals surface area (Å²) < 4.78 is 32.1. The van der Waals surface area contributed by atoms with Gasteiger partial charge in [0.15, 0.2) is 0 Å². The van der Waals surface area contributed by atoms with E-state index in [-0.39, 0.29) is 17.2 Å². The van der Waals surface area contributed by atoms with Gasteiger partial charge < -0.3 is 25.3 Å². The summed E-state index contributed by atoms with van der Waals surface area (Å²) >= 11 is 0. The zero-order valence-corrected chi connectivity index (χ0v) is 19.5. The van der Waals surface area contributed by atoms with E-state index in [1.807, 2.05) is 6.07 Å². The van der Waals surface area contributed by atoms with Gasteiger partial charge in [0, 0.05) is 29.7 Å². The molecule has 1 atom stereocenters. The maximum absolute atomic E-state index is 12.0. The number of H-pyrrole nitrogens is 1. The number of aliphatic hydroxyl groups excluding tert-OH is 1. The predicted molar refractivity (Wildman–Crippen MR) is 127 cm³/mol. The number of benzene rings is 2. The summed E-state index contributed by atoms with van der Waals surface area (Å²) in [6.07, 6.45) is 5.01. The molecule has 0 radical (unpaired) electrons. The second-order valence-corrected chi connectivity index (χ2v) is 10.2. The van der Waals surface area contributed by atoms with Crippen LogP contribution in [0.1, 0.15) is 42.2 Å². The van der Waals surface area contributed by atoms with Crippen LogP contribution in [-0.2, 0) is 22.9 Å². The Labute approximate surface area is 194 Å². The Bertz CT molecular complexity index is 1220. The molecule has 0 saturated heterocycles. The summed E-state index contributed by atoms with van der Waals surface area (Å²) in [4.78, 5) is 3.29. The zero-order chi connectivity index (χ0) is 23.4. The van der Waals surface area contributed by atoms with E-state index >= 15 is 0 Å². The highest BCUT2D eigenvalue weighted by molar-refractivity contribution is 7.89. The van der Waals surface area contributed by atoms with Gasteiger partial charge in [-0.3, -0.25) is 0 Å². The van der Waals surface area contributed by atoms with Gasteiger partial charge >= 0.3 is 0 Å². The number of rotatable bonds is 9. The molecule has 5 N–H and O–H groups in total. The highest BCUT2D eigenvalue weighted by Gasteiger charge is 2.19. The summed E-state index contributed by atoms with van der Waals surface area (Å²) in [5.41, 5.74) is 4.33. The van der Waals surface area contributed by atoms with E-state index < -0.39 is 16.1 Å². The van der Waals surface area contributed by atoms with Crippen molar-refractivity contribution in [2.24, 2.45) is 0 Å². The van der Waals surface area contributed by atoms with Gasteiger partial charge in [0.2, 0.25) is 10.0 Å². The summed E-state index contributed by atoms with van der Waals surface area (Å²) in [6.45, 7) is 1.16. The second-order valence-electron chi connectivity index (χ2n) is 8.35. The number of aromatic nitrogens is 1. The Morgan fingerprint density at radius 3 is 2.76 bits per heavy atom. The van der Waals surface area contributed by atoms with E-state index in [0.29, 0.717) is 18.7 Å². The van der Waals surface area contributed by atoms with Gasteiger partial charge in [-0.15, -0.1) is 0 Å². The van der Waals surface area contributed by atoms with Crippen molar-refractivity contribution in [2.75, 3.05) is 26.7 Å². The van der Waals surface area contributed by atoms with E-state index in [0.717, 1.165) is 24.1 Å². The average Bonchev–Trinajstić information content (AvgIpc) is 2.98.